The molecule has 2 aromatic carbocycles. The summed E-state index contributed by atoms with van der Waals surface area (Å²) in [6.07, 6.45) is -2.28. The highest BCUT2D eigenvalue weighted by Crippen LogP contribution is 2.25. The summed E-state index contributed by atoms with van der Waals surface area (Å²) >= 11 is 0. The Balaban J connectivity index is 1.31. The van der Waals surface area contributed by atoms with Crippen LogP contribution in [-0.2, 0) is 24.3 Å². The van der Waals surface area contributed by atoms with Gasteiger partial charge < -0.3 is 20.1 Å². The second-order valence-corrected chi connectivity index (χ2v) is 9.12. The fraction of sp³-hybridized carbons (Fsp3) is 0.222. The van der Waals surface area contributed by atoms with Crippen LogP contribution in [0.15, 0.2) is 54.7 Å². The van der Waals surface area contributed by atoms with Gasteiger partial charge in [0, 0.05) is 38.1 Å². The third-order valence-corrected chi connectivity index (χ3v) is 5.90. The maximum Gasteiger partial charge on any atom is 0.394 e. The molecule has 3 heterocycles. The van der Waals surface area contributed by atoms with Gasteiger partial charge in [-0.15, -0.1) is 0 Å². The summed E-state index contributed by atoms with van der Waals surface area (Å²) in [4.78, 5) is 41.6. The number of halogens is 3. The summed E-state index contributed by atoms with van der Waals surface area (Å²) < 4.78 is 51.6. The van der Waals surface area contributed by atoms with Crippen molar-refractivity contribution < 1.29 is 37.0 Å². The number of fused-ring (bicyclic) bond motifs is 2. The van der Waals surface area contributed by atoms with E-state index in [-0.39, 0.29) is 54.7 Å². The number of nitrogens with one attached hydrogen (secondary N) is 2. The van der Waals surface area contributed by atoms with Crippen molar-refractivity contribution in [3.63, 3.8) is 0 Å². The van der Waals surface area contributed by atoms with E-state index in [1.807, 2.05) is 0 Å². The highest BCUT2D eigenvalue weighted by atomic mass is 19.3. The summed E-state index contributed by atoms with van der Waals surface area (Å²) in [6, 6.07) is 12.2. The molecular weight excluding hydrogens is 531 g/mol. The van der Waals surface area contributed by atoms with Crippen molar-refractivity contribution in [2.24, 2.45) is 0 Å². The standard InChI is InChI=1S/C27H22F3N5O5/c1-27(29,30)40-19-4-2-3-15(8-19)11-32-26(38)22-10-21(34-24-20(28)13-33-35(22)24)25(37)31-12-16-5-6-23-17(7-16)9-18(36)14-39-23/h2-8,10,13H,9,11-12,14H2,1H3,(H,31,37)(H,32,38). The van der Waals surface area contributed by atoms with Crippen LogP contribution in [-0.4, -0.2) is 44.9 Å². The van der Waals surface area contributed by atoms with Crippen LogP contribution in [0.1, 0.15) is 44.6 Å². The van der Waals surface area contributed by atoms with Crippen LogP contribution in [0, 0.1) is 5.82 Å². The van der Waals surface area contributed by atoms with Crippen LogP contribution in [0.25, 0.3) is 5.65 Å². The van der Waals surface area contributed by atoms with Gasteiger partial charge in [-0.2, -0.15) is 13.9 Å². The third-order valence-electron chi connectivity index (χ3n) is 5.90. The molecule has 0 aliphatic carbocycles. The number of alkyl halides is 2. The maximum atomic E-state index is 14.4. The number of hydrogen-bond acceptors (Lipinski definition) is 7. The lowest BCUT2D eigenvalue weighted by Gasteiger charge is -2.17. The number of hydrogen-bond donors (Lipinski definition) is 2. The Bertz CT molecular complexity index is 1630. The van der Waals surface area contributed by atoms with Crippen LogP contribution in [0.5, 0.6) is 11.5 Å². The topological polar surface area (TPSA) is 124 Å². The molecule has 2 aromatic heterocycles. The van der Waals surface area contributed by atoms with Crippen molar-refractivity contribution >= 4 is 23.2 Å². The van der Waals surface area contributed by atoms with Crippen molar-refractivity contribution in [3.05, 3.63) is 88.6 Å². The van der Waals surface area contributed by atoms with E-state index in [2.05, 4.69) is 25.5 Å². The first kappa shape index (κ1) is 26.7. The Morgan fingerprint density at radius 3 is 2.60 bits per heavy atom. The van der Waals surface area contributed by atoms with Gasteiger partial charge in [0.15, 0.2) is 17.2 Å². The van der Waals surface area contributed by atoms with E-state index < -0.39 is 23.7 Å². The monoisotopic (exact) mass is 553 g/mol. The van der Waals surface area contributed by atoms with E-state index >= 15 is 0 Å². The number of ketones is 1. The molecule has 0 saturated carbocycles. The second-order valence-electron chi connectivity index (χ2n) is 9.12. The SMILES string of the molecule is CC(F)(F)Oc1cccc(CNC(=O)c2cc(C(=O)NCc3ccc4c(c3)CC(=O)CO4)nc3c(F)cnn23)c1. The number of carbonyl (C=O) groups excluding carboxylic acids is 3. The molecule has 2 N–H and O–H groups in total. The van der Waals surface area contributed by atoms with Gasteiger partial charge in [0.05, 0.1) is 6.20 Å². The first-order valence-corrected chi connectivity index (χ1v) is 12.1. The average molecular weight is 553 g/mol. The average Bonchev–Trinajstić information content (AvgIpc) is 3.29. The molecule has 0 unspecified atom stereocenters. The van der Waals surface area contributed by atoms with Crippen LogP contribution >= 0.6 is 0 Å². The van der Waals surface area contributed by atoms with Crippen LogP contribution < -0.4 is 20.1 Å². The van der Waals surface area contributed by atoms with Gasteiger partial charge in [-0.3, -0.25) is 14.4 Å². The normalized spacial score (nSPS) is 12.9. The fourth-order valence-electron chi connectivity index (χ4n) is 4.13. The number of nitrogens with zero attached hydrogens (tertiary/aromatic N) is 3. The lowest BCUT2D eigenvalue weighted by molar-refractivity contribution is -0.159. The third kappa shape index (κ3) is 6.03. The van der Waals surface area contributed by atoms with Gasteiger partial charge in [0.1, 0.15) is 29.5 Å². The second kappa shape index (κ2) is 10.7. The molecule has 13 heteroatoms. The minimum Gasteiger partial charge on any atom is -0.486 e. The van der Waals surface area contributed by atoms with Gasteiger partial charge in [-0.1, -0.05) is 18.2 Å². The van der Waals surface area contributed by atoms with E-state index in [1.165, 1.54) is 24.3 Å². The molecule has 0 radical (unpaired) electrons. The minimum atomic E-state index is -3.38. The Kier molecular flexibility index (Phi) is 7.11. The Hall–Kier alpha value is -4.94. The van der Waals surface area contributed by atoms with E-state index in [9.17, 15) is 27.6 Å². The predicted octanol–water partition coefficient (Wildman–Crippen LogP) is 3.22. The quantitative estimate of drug-likeness (QED) is 0.343. The largest absolute Gasteiger partial charge is 0.486 e. The van der Waals surface area contributed by atoms with Gasteiger partial charge >= 0.3 is 6.11 Å². The Labute approximate surface area is 225 Å². The first-order valence-electron chi connectivity index (χ1n) is 12.1. The van der Waals surface area contributed by atoms with Crippen LogP contribution in [0.4, 0.5) is 13.2 Å². The molecule has 206 valence electrons. The zero-order valence-corrected chi connectivity index (χ0v) is 21.0. The lowest BCUT2D eigenvalue weighted by Crippen LogP contribution is -2.28. The number of carbonyl (C=O) groups is 3. The number of benzene rings is 2. The highest BCUT2D eigenvalue weighted by Gasteiger charge is 2.24. The zero-order chi connectivity index (χ0) is 28.4. The Morgan fingerprint density at radius 2 is 1.82 bits per heavy atom. The van der Waals surface area contributed by atoms with Crippen molar-refractivity contribution in [1.82, 2.24) is 25.2 Å². The van der Waals surface area contributed by atoms with Gasteiger partial charge in [-0.05, 0) is 35.4 Å². The maximum absolute atomic E-state index is 14.4. The number of amides is 2. The molecule has 2 amide bonds. The van der Waals surface area contributed by atoms with Gasteiger partial charge in [-0.25, -0.2) is 13.9 Å². The van der Waals surface area contributed by atoms with Gasteiger partial charge in [0.25, 0.3) is 11.8 Å². The summed E-state index contributed by atoms with van der Waals surface area (Å²) in [6.45, 7) is 0.630. The molecule has 1 aliphatic heterocycles. The lowest BCUT2D eigenvalue weighted by atomic mass is 10.0. The summed E-state index contributed by atoms with van der Waals surface area (Å²) in [5.74, 6) is -1.76. The number of aromatic nitrogens is 3. The molecule has 0 spiro atoms. The first-order chi connectivity index (χ1) is 19.1. The van der Waals surface area contributed by atoms with E-state index in [1.54, 1.807) is 24.3 Å². The van der Waals surface area contributed by atoms with Crippen molar-refractivity contribution in [1.29, 1.82) is 0 Å². The summed E-state index contributed by atoms with van der Waals surface area (Å²) in [7, 11) is 0. The molecular formula is C27H22F3N5O5. The number of ether oxygens (including phenoxy) is 2. The van der Waals surface area contributed by atoms with Crippen LogP contribution in [0.2, 0.25) is 0 Å². The van der Waals surface area contributed by atoms with Crippen molar-refractivity contribution in [2.45, 2.75) is 32.5 Å². The number of Topliss-reactive ketones (excluding diaryl/α,β-unsaturated/α-hetero) is 1. The molecule has 1 aliphatic rings. The molecule has 0 bridgehead atoms. The fourth-order valence-corrected chi connectivity index (χ4v) is 4.13. The summed E-state index contributed by atoms with van der Waals surface area (Å²) in [5.41, 5.74) is 1.14. The highest BCUT2D eigenvalue weighted by molar-refractivity contribution is 5.98. The van der Waals surface area contributed by atoms with Crippen molar-refractivity contribution in [2.75, 3.05) is 6.61 Å². The molecule has 4 aromatic rings. The smallest absolute Gasteiger partial charge is 0.394 e. The Morgan fingerprint density at radius 1 is 1.07 bits per heavy atom. The predicted molar refractivity (Wildman–Crippen MR) is 134 cm³/mol. The molecule has 0 fully saturated rings. The van der Waals surface area contributed by atoms with Gasteiger partial charge in [0.2, 0.25) is 0 Å². The summed E-state index contributed by atoms with van der Waals surface area (Å²) in [5, 5.41) is 9.11. The molecule has 40 heavy (non-hydrogen) atoms. The molecule has 5 rings (SSSR count). The van der Waals surface area contributed by atoms with Crippen molar-refractivity contribution in [3.8, 4) is 11.5 Å². The molecule has 0 saturated heterocycles. The van der Waals surface area contributed by atoms with Crippen LogP contribution in [0.3, 0.4) is 0 Å². The number of rotatable bonds is 8. The van der Waals surface area contributed by atoms with E-state index in [4.69, 9.17) is 4.74 Å². The van der Waals surface area contributed by atoms with E-state index in [0.29, 0.717) is 29.4 Å². The molecule has 0 atom stereocenters. The zero-order valence-electron chi connectivity index (χ0n) is 21.0. The minimum absolute atomic E-state index is 0.0247. The van der Waals surface area contributed by atoms with E-state index in [0.717, 1.165) is 10.7 Å². The molecule has 10 nitrogen and oxygen atoms in total.